The highest BCUT2D eigenvalue weighted by Crippen LogP contribution is 2.15. The van der Waals surface area contributed by atoms with Crippen LogP contribution in [0.5, 0.6) is 0 Å². The number of ether oxygens (including phenoxy) is 2. The summed E-state index contributed by atoms with van der Waals surface area (Å²) in [6, 6.07) is 0. The van der Waals surface area contributed by atoms with Crippen molar-refractivity contribution in [1.82, 2.24) is 0 Å². The standard InChI is InChI=1S/C11H22O2/c1-3-5-6-7-10(4-2)13-11-8-12-9-11/h10-11H,3-9H2,1-2H3. The van der Waals surface area contributed by atoms with Gasteiger partial charge >= 0.3 is 0 Å². The van der Waals surface area contributed by atoms with E-state index in [1.165, 1.54) is 25.7 Å². The summed E-state index contributed by atoms with van der Waals surface area (Å²) in [4.78, 5) is 0. The van der Waals surface area contributed by atoms with Gasteiger partial charge in [0.25, 0.3) is 0 Å². The Morgan fingerprint density at radius 2 is 2.08 bits per heavy atom. The zero-order valence-electron chi connectivity index (χ0n) is 8.92. The van der Waals surface area contributed by atoms with E-state index in [9.17, 15) is 0 Å². The number of hydrogen-bond acceptors (Lipinski definition) is 2. The largest absolute Gasteiger partial charge is 0.376 e. The summed E-state index contributed by atoms with van der Waals surface area (Å²) in [6.07, 6.45) is 7.17. The molecule has 0 amide bonds. The van der Waals surface area contributed by atoms with E-state index in [4.69, 9.17) is 9.47 Å². The summed E-state index contributed by atoms with van der Waals surface area (Å²) in [5.74, 6) is 0. The third kappa shape index (κ3) is 4.10. The molecule has 0 N–H and O–H groups in total. The van der Waals surface area contributed by atoms with Crippen molar-refractivity contribution in [3.05, 3.63) is 0 Å². The summed E-state index contributed by atoms with van der Waals surface area (Å²) in [7, 11) is 0. The van der Waals surface area contributed by atoms with Gasteiger partial charge < -0.3 is 9.47 Å². The van der Waals surface area contributed by atoms with Gasteiger partial charge in [-0.05, 0) is 12.8 Å². The van der Waals surface area contributed by atoms with E-state index in [-0.39, 0.29) is 0 Å². The molecule has 2 heteroatoms. The minimum Gasteiger partial charge on any atom is -0.376 e. The Morgan fingerprint density at radius 1 is 1.31 bits per heavy atom. The topological polar surface area (TPSA) is 18.5 Å². The second-order valence-corrected chi connectivity index (χ2v) is 3.82. The molecule has 2 nitrogen and oxygen atoms in total. The first kappa shape index (κ1) is 11.0. The fourth-order valence-electron chi connectivity index (χ4n) is 1.56. The Labute approximate surface area is 81.6 Å². The van der Waals surface area contributed by atoms with Gasteiger partial charge in [-0.25, -0.2) is 0 Å². The summed E-state index contributed by atoms with van der Waals surface area (Å²) in [5.41, 5.74) is 0. The van der Waals surface area contributed by atoms with Crippen molar-refractivity contribution in [3.63, 3.8) is 0 Å². The maximum atomic E-state index is 5.86. The molecule has 0 aromatic rings. The lowest BCUT2D eigenvalue weighted by Gasteiger charge is -2.30. The van der Waals surface area contributed by atoms with E-state index in [1.807, 2.05) is 0 Å². The van der Waals surface area contributed by atoms with E-state index in [0.717, 1.165) is 19.6 Å². The molecule has 1 unspecified atom stereocenters. The van der Waals surface area contributed by atoms with Crippen LogP contribution in [0.2, 0.25) is 0 Å². The maximum absolute atomic E-state index is 5.86. The van der Waals surface area contributed by atoms with Crippen LogP contribution >= 0.6 is 0 Å². The van der Waals surface area contributed by atoms with Gasteiger partial charge in [0.15, 0.2) is 0 Å². The number of unbranched alkanes of at least 4 members (excludes halogenated alkanes) is 2. The van der Waals surface area contributed by atoms with Crippen molar-refractivity contribution >= 4 is 0 Å². The van der Waals surface area contributed by atoms with E-state index in [1.54, 1.807) is 0 Å². The van der Waals surface area contributed by atoms with Gasteiger partial charge in [-0.2, -0.15) is 0 Å². The monoisotopic (exact) mass is 186 g/mol. The van der Waals surface area contributed by atoms with Crippen LogP contribution in [-0.4, -0.2) is 25.4 Å². The van der Waals surface area contributed by atoms with E-state index in [0.29, 0.717) is 12.2 Å². The molecule has 0 spiro atoms. The molecule has 78 valence electrons. The van der Waals surface area contributed by atoms with Gasteiger partial charge in [-0.15, -0.1) is 0 Å². The smallest absolute Gasteiger partial charge is 0.104 e. The van der Waals surface area contributed by atoms with Crippen LogP contribution in [0.4, 0.5) is 0 Å². The zero-order valence-corrected chi connectivity index (χ0v) is 8.92. The first-order chi connectivity index (χ1) is 6.36. The normalized spacial score (nSPS) is 19.8. The summed E-state index contributed by atoms with van der Waals surface area (Å²) < 4.78 is 10.9. The van der Waals surface area contributed by atoms with Gasteiger partial charge in [0.05, 0.1) is 19.3 Å². The fourth-order valence-corrected chi connectivity index (χ4v) is 1.56. The van der Waals surface area contributed by atoms with Crippen molar-refractivity contribution in [1.29, 1.82) is 0 Å². The highest BCUT2D eigenvalue weighted by Gasteiger charge is 2.22. The molecule has 1 atom stereocenters. The van der Waals surface area contributed by atoms with E-state index >= 15 is 0 Å². The average Bonchev–Trinajstić information content (AvgIpc) is 2.08. The maximum Gasteiger partial charge on any atom is 0.104 e. The second-order valence-electron chi connectivity index (χ2n) is 3.82. The Kier molecular flexibility index (Phi) is 5.40. The third-order valence-electron chi connectivity index (χ3n) is 2.58. The molecule has 1 saturated heterocycles. The van der Waals surface area contributed by atoms with Crippen LogP contribution < -0.4 is 0 Å². The SMILES string of the molecule is CCCCCC(CC)OC1COC1. The van der Waals surface area contributed by atoms with E-state index < -0.39 is 0 Å². The second kappa shape index (κ2) is 6.39. The van der Waals surface area contributed by atoms with Gasteiger partial charge in [-0.3, -0.25) is 0 Å². The van der Waals surface area contributed by atoms with Crippen LogP contribution in [0.15, 0.2) is 0 Å². The third-order valence-corrected chi connectivity index (χ3v) is 2.58. The molecule has 1 aliphatic heterocycles. The Balaban J connectivity index is 2.03. The summed E-state index contributed by atoms with van der Waals surface area (Å²) in [6.45, 7) is 6.06. The fraction of sp³-hybridized carbons (Fsp3) is 1.00. The van der Waals surface area contributed by atoms with Crippen LogP contribution in [0.3, 0.4) is 0 Å². The Bertz CT molecular complexity index is 121. The highest BCUT2D eigenvalue weighted by molar-refractivity contribution is 4.68. The van der Waals surface area contributed by atoms with E-state index in [2.05, 4.69) is 13.8 Å². The quantitative estimate of drug-likeness (QED) is 0.569. The average molecular weight is 186 g/mol. The first-order valence-electron chi connectivity index (χ1n) is 5.60. The van der Waals surface area contributed by atoms with Gasteiger partial charge in [-0.1, -0.05) is 33.1 Å². The molecular weight excluding hydrogens is 164 g/mol. The summed E-state index contributed by atoms with van der Waals surface area (Å²) in [5, 5.41) is 0. The van der Waals surface area contributed by atoms with Gasteiger partial charge in [0.1, 0.15) is 6.10 Å². The van der Waals surface area contributed by atoms with Gasteiger partial charge in [0.2, 0.25) is 0 Å². The Morgan fingerprint density at radius 3 is 2.54 bits per heavy atom. The van der Waals surface area contributed by atoms with Crippen molar-refractivity contribution in [2.75, 3.05) is 13.2 Å². The van der Waals surface area contributed by atoms with Gasteiger partial charge in [0, 0.05) is 0 Å². The van der Waals surface area contributed by atoms with Crippen LogP contribution in [0.1, 0.15) is 46.0 Å². The van der Waals surface area contributed by atoms with Crippen LogP contribution in [-0.2, 0) is 9.47 Å². The van der Waals surface area contributed by atoms with Crippen molar-refractivity contribution in [2.45, 2.75) is 58.2 Å². The predicted octanol–water partition coefficient (Wildman–Crippen LogP) is 2.76. The first-order valence-corrected chi connectivity index (χ1v) is 5.60. The lowest BCUT2D eigenvalue weighted by Crippen LogP contribution is -2.39. The molecule has 1 aliphatic rings. The molecule has 1 heterocycles. The molecule has 1 fully saturated rings. The molecule has 0 radical (unpaired) electrons. The molecule has 0 aromatic carbocycles. The lowest BCUT2D eigenvalue weighted by atomic mass is 10.1. The molecule has 0 aromatic heterocycles. The minimum atomic E-state index is 0.395. The van der Waals surface area contributed by atoms with Crippen molar-refractivity contribution < 1.29 is 9.47 Å². The lowest BCUT2D eigenvalue weighted by molar-refractivity contribution is -0.156. The number of hydrogen-bond donors (Lipinski definition) is 0. The molecule has 1 rings (SSSR count). The molecule has 13 heavy (non-hydrogen) atoms. The van der Waals surface area contributed by atoms with Crippen LogP contribution in [0, 0.1) is 0 Å². The molecule has 0 saturated carbocycles. The number of rotatable bonds is 7. The molecule has 0 bridgehead atoms. The predicted molar refractivity (Wildman–Crippen MR) is 53.9 cm³/mol. The highest BCUT2D eigenvalue weighted by atomic mass is 16.6. The van der Waals surface area contributed by atoms with Crippen LogP contribution in [0.25, 0.3) is 0 Å². The minimum absolute atomic E-state index is 0.395. The summed E-state index contributed by atoms with van der Waals surface area (Å²) >= 11 is 0. The zero-order chi connectivity index (χ0) is 9.52. The molecular formula is C11H22O2. The molecule has 0 aliphatic carbocycles. The van der Waals surface area contributed by atoms with Crippen molar-refractivity contribution in [2.24, 2.45) is 0 Å². The Hall–Kier alpha value is -0.0800. The van der Waals surface area contributed by atoms with Crippen molar-refractivity contribution in [3.8, 4) is 0 Å².